The van der Waals surface area contributed by atoms with Gasteiger partial charge in [0, 0.05) is 5.69 Å². The number of hydrogen-bond acceptors (Lipinski definition) is 3. The smallest absolute Gasteiger partial charge is 0.330 e. The quantitative estimate of drug-likeness (QED) is 0.616. The number of aromatic nitrogens is 2. The van der Waals surface area contributed by atoms with E-state index >= 15 is 0 Å². The van der Waals surface area contributed by atoms with Gasteiger partial charge in [0.1, 0.15) is 23.7 Å². The van der Waals surface area contributed by atoms with E-state index < -0.39 is 19.0 Å². The summed E-state index contributed by atoms with van der Waals surface area (Å²) >= 11 is 8.19. The summed E-state index contributed by atoms with van der Waals surface area (Å²) in [5, 5.41) is 0. The fourth-order valence-corrected chi connectivity index (χ4v) is 1.92. The van der Waals surface area contributed by atoms with Crippen molar-refractivity contribution >= 4 is 28.1 Å². The summed E-state index contributed by atoms with van der Waals surface area (Å²) in [6.07, 6.45) is -3.14. The minimum absolute atomic E-state index is 0.218. The van der Waals surface area contributed by atoms with Crippen molar-refractivity contribution in [3.05, 3.63) is 20.6 Å². The van der Waals surface area contributed by atoms with E-state index in [9.17, 15) is 17.6 Å². The number of rotatable bonds is 6. The first-order valence-electron chi connectivity index (χ1n) is 5.29. The highest BCUT2D eigenvalue weighted by Gasteiger charge is 2.40. The Bertz CT molecular complexity index is 495. The SMILES string of the molecule is CCc1[nH]c(COCC(F)(F)C(F)F)nc(=S)c1Br. The zero-order chi connectivity index (χ0) is 14.6. The maximum atomic E-state index is 12.6. The van der Waals surface area contributed by atoms with Crippen molar-refractivity contribution in [2.45, 2.75) is 32.3 Å². The topological polar surface area (TPSA) is 37.9 Å². The monoisotopic (exact) mass is 362 g/mol. The molecule has 0 saturated carbocycles. The maximum Gasteiger partial charge on any atom is 0.330 e. The summed E-state index contributed by atoms with van der Waals surface area (Å²) in [6, 6.07) is 0. The predicted octanol–water partition coefficient (Wildman–Crippen LogP) is 3.88. The van der Waals surface area contributed by atoms with Gasteiger partial charge in [0.15, 0.2) is 0 Å². The first kappa shape index (κ1) is 16.5. The number of halogens is 5. The number of aryl methyl sites for hydroxylation is 1. The van der Waals surface area contributed by atoms with Gasteiger partial charge in [0.05, 0.1) is 4.47 Å². The van der Waals surface area contributed by atoms with E-state index in [0.717, 1.165) is 5.69 Å². The average molecular weight is 363 g/mol. The summed E-state index contributed by atoms with van der Waals surface area (Å²) in [5.41, 5.74) is 0.735. The van der Waals surface area contributed by atoms with Crippen molar-refractivity contribution in [3.8, 4) is 0 Å². The van der Waals surface area contributed by atoms with Gasteiger partial charge in [0.2, 0.25) is 0 Å². The Morgan fingerprint density at radius 2 is 2.11 bits per heavy atom. The normalized spacial score (nSPS) is 12.2. The molecule has 0 aliphatic carbocycles. The van der Waals surface area contributed by atoms with Gasteiger partial charge in [-0.25, -0.2) is 13.8 Å². The molecule has 0 unspecified atom stereocenters. The van der Waals surface area contributed by atoms with E-state index in [-0.39, 0.29) is 17.1 Å². The Labute approximate surface area is 120 Å². The standard InChI is InChI=1S/C10H11BrF4N2OS/c1-2-5-7(11)8(19)17-6(16-5)3-18-4-10(14,15)9(12)13/h9H,2-4H2,1H3,(H,16,17,19). The van der Waals surface area contributed by atoms with Gasteiger partial charge >= 0.3 is 12.3 Å². The Morgan fingerprint density at radius 1 is 1.47 bits per heavy atom. The van der Waals surface area contributed by atoms with Crippen LogP contribution in [-0.2, 0) is 17.8 Å². The zero-order valence-electron chi connectivity index (χ0n) is 9.85. The van der Waals surface area contributed by atoms with Crippen molar-refractivity contribution in [2.24, 2.45) is 0 Å². The van der Waals surface area contributed by atoms with Gasteiger partial charge in [-0.2, -0.15) is 8.78 Å². The molecule has 0 atom stereocenters. The van der Waals surface area contributed by atoms with Crippen LogP contribution in [0.1, 0.15) is 18.4 Å². The summed E-state index contributed by atoms with van der Waals surface area (Å²) < 4.78 is 54.4. The van der Waals surface area contributed by atoms with Crippen LogP contribution in [0, 0.1) is 4.64 Å². The lowest BCUT2D eigenvalue weighted by Crippen LogP contribution is -2.32. The van der Waals surface area contributed by atoms with Crippen LogP contribution in [0.2, 0.25) is 0 Å². The number of nitrogens with zero attached hydrogens (tertiary/aromatic N) is 1. The molecule has 0 aliphatic rings. The highest BCUT2D eigenvalue weighted by atomic mass is 79.9. The summed E-state index contributed by atoms with van der Waals surface area (Å²) in [7, 11) is 0. The van der Waals surface area contributed by atoms with E-state index in [4.69, 9.17) is 12.2 Å². The molecular formula is C10H11BrF4N2OS. The van der Waals surface area contributed by atoms with Gasteiger partial charge in [-0.05, 0) is 22.4 Å². The number of aromatic amines is 1. The zero-order valence-corrected chi connectivity index (χ0v) is 12.3. The molecule has 108 valence electrons. The highest BCUT2D eigenvalue weighted by molar-refractivity contribution is 9.10. The van der Waals surface area contributed by atoms with Gasteiger partial charge in [-0.1, -0.05) is 19.1 Å². The van der Waals surface area contributed by atoms with Crippen LogP contribution in [-0.4, -0.2) is 28.9 Å². The third-order valence-electron chi connectivity index (χ3n) is 2.19. The number of hydrogen-bond donors (Lipinski definition) is 1. The summed E-state index contributed by atoms with van der Waals surface area (Å²) in [5.74, 6) is -3.95. The molecule has 19 heavy (non-hydrogen) atoms. The first-order chi connectivity index (χ1) is 8.77. The molecule has 9 heteroatoms. The van der Waals surface area contributed by atoms with Crippen molar-refractivity contribution in [1.82, 2.24) is 9.97 Å². The minimum atomic E-state index is -4.17. The second kappa shape index (κ2) is 6.76. The third kappa shape index (κ3) is 4.50. The fraction of sp³-hybridized carbons (Fsp3) is 0.600. The molecular weight excluding hydrogens is 352 g/mol. The van der Waals surface area contributed by atoms with E-state index in [1.54, 1.807) is 0 Å². The largest absolute Gasteiger partial charge is 0.367 e. The summed E-state index contributed by atoms with van der Waals surface area (Å²) in [6.45, 7) is 0.150. The maximum absolute atomic E-state index is 12.6. The van der Waals surface area contributed by atoms with Crippen LogP contribution >= 0.6 is 28.1 Å². The first-order valence-corrected chi connectivity index (χ1v) is 6.49. The van der Waals surface area contributed by atoms with Gasteiger partial charge in [0.25, 0.3) is 0 Å². The Kier molecular flexibility index (Phi) is 5.87. The van der Waals surface area contributed by atoms with E-state index in [1.807, 2.05) is 6.92 Å². The molecule has 1 heterocycles. The van der Waals surface area contributed by atoms with Crippen LogP contribution in [0.15, 0.2) is 4.47 Å². The van der Waals surface area contributed by atoms with Crippen LogP contribution in [0.5, 0.6) is 0 Å². The molecule has 0 aromatic carbocycles. The summed E-state index contributed by atoms with van der Waals surface area (Å²) in [4.78, 5) is 6.74. The van der Waals surface area contributed by atoms with Crippen LogP contribution in [0.25, 0.3) is 0 Å². The van der Waals surface area contributed by atoms with E-state index in [0.29, 0.717) is 10.9 Å². The number of alkyl halides is 4. The van der Waals surface area contributed by atoms with Crippen molar-refractivity contribution in [2.75, 3.05) is 6.61 Å². The molecule has 1 aromatic rings. The number of H-pyrrole nitrogens is 1. The van der Waals surface area contributed by atoms with Crippen LogP contribution < -0.4 is 0 Å². The molecule has 1 N–H and O–H groups in total. The molecule has 0 amide bonds. The highest BCUT2D eigenvalue weighted by Crippen LogP contribution is 2.23. The molecule has 0 bridgehead atoms. The van der Waals surface area contributed by atoms with Gasteiger partial charge < -0.3 is 9.72 Å². The lowest BCUT2D eigenvalue weighted by atomic mass is 10.3. The molecule has 0 fully saturated rings. The Morgan fingerprint density at radius 3 is 2.63 bits per heavy atom. The van der Waals surface area contributed by atoms with Crippen LogP contribution in [0.4, 0.5) is 17.6 Å². The molecule has 3 nitrogen and oxygen atoms in total. The number of ether oxygens (including phenoxy) is 1. The molecule has 0 aliphatic heterocycles. The average Bonchev–Trinajstić information content (AvgIpc) is 2.33. The lowest BCUT2D eigenvalue weighted by Gasteiger charge is -2.15. The predicted molar refractivity (Wildman–Crippen MR) is 67.1 cm³/mol. The molecule has 1 rings (SSSR count). The molecule has 1 aromatic heterocycles. The molecule has 0 saturated heterocycles. The van der Waals surface area contributed by atoms with Crippen molar-refractivity contribution < 1.29 is 22.3 Å². The van der Waals surface area contributed by atoms with Gasteiger partial charge in [-0.15, -0.1) is 0 Å². The minimum Gasteiger partial charge on any atom is -0.367 e. The van der Waals surface area contributed by atoms with Crippen molar-refractivity contribution in [3.63, 3.8) is 0 Å². The fourth-order valence-electron chi connectivity index (χ4n) is 1.22. The molecule has 0 radical (unpaired) electrons. The van der Waals surface area contributed by atoms with E-state index in [2.05, 4.69) is 30.6 Å². The Hall–Kier alpha value is -0.540. The Balaban J connectivity index is 2.69. The van der Waals surface area contributed by atoms with E-state index in [1.165, 1.54) is 0 Å². The lowest BCUT2D eigenvalue weighted by molar-refractivity contribution is -0.168. The third-order valence-corrected chi connectivity index (χ3v) is 3.60. The number of nitrogens with one attached hydrogen (secondary N) is 1. The van der Waals surface area contributed by atoms with Gasteiger partial charge in [-0.3, -0.25) is 0 Å². The van der Waals surface area contributed by atoms with Crippen LogP contribution in [0.3, 0.4) is 0 Å². The van der Waals surface area contributed by atoms with Crippen molar-refractivity contribution in [1.29, 1.82) is 0 Å². The second-order valence-corrected chi connectivity index (χ2v) is 4.87. The second-order valence-electron chi connectivity index (χ2n) is 3.69. The molecule has 0 spiro atoms.